The molecule has 5 heteroatoms. The normalized spacial score (nSPS) is 10.0. The van der Waals surface area contributed by atoms with Gasteiger partial charge in [0.05, 0.1) is 6.33 Å². The van der Waals surface area contributed by atoms with Crippen molar-refractivity contribution in [2.45, 2.75) is 0 Å². The quantitative estimate of drug-likeness (QED) is 0.617. The van der Waals surface area contributed by atoms with Crippen LogP contribution >= 0.6 is 0 Å². The number of hydrogen-bond donors (Lipinski definition) is 0. The minimum atomic E-state index is 0.465. The van der Waals surface area contributed by atoms with Crippen molar-refractivity contribution in [1.29, 1.82) is 0 Å². The summed E-state index contributed by atoms with van der Waals surface area (Å²) in [6.07, 6.45) is 5.71. The molecular formula is C7H5N4O-. The second kappa shape index (κ2) is 2.61. The van der Waals surface area contributed by atoms with Gasteiger partial charge in [-0.05, 0) is 6.07 Å². The monoisotopic (exact) mass is 161 g/mol. The molecule has 0 aliphatic heterocycles. The van der Waals surface area contributed by atoms with Gasteiger partial charge in [0.15, 0.2) is 5.82 Å². The van der Waals surface area contributed by atoms with Crippen molar-refractivity contribution in [1.82, 2.24) is 19.7 Å². The first-order valence-electron chi connectivity index (χ1n) is 3.35. The van der Waals surface area contributed by atoms with E-state index in [0.29, 0.717) is 16.2 Å². The summed E-state index contributed by atoms with van der Waals surface area (Å²) in [6.45, 7) is 0. The van der Waals surface area contributed by atoms with Crippen molar-refractivity contribution in [3.05, 3.63) is 36.2 Å². The van der Waals surface area contributed by atoms with E-state index in [1.54, 1.807) is 18.5 Å². The second-order valence-electron chi connectivity index (χ2n) is 2.19. The molecule has 2 rings (SSSR count). The standard InChI is InChI=1S/C7H5N4O/c12-11-4-6(10-5-11)7-8-2-1-3-9-7/h1-5H/q-1. The minimum absolute atomic E-state index is 0.465. The molecule has 0 saturated heterocycles. The zero-order chi connectivity index (χ0) is 8.39. The van der Waals surface area contributed by atoms with E-state index in [9.17, 15) is 5.21 Å². The third kappa shape index (κ3) is 1.12. The Labute approximate surface area is 68.3 Å². The molecule has 0 radical (unpaired) electrons. The lowest BCUT2D eigenvalue weighted by atomic mass is 10.4. The van der Waals surface area contributed by atoms with E-state index >= 15 is 0 Å². The maximum atomic E-state index is 10.7. The largest absolute Gasteiger partial charge is 0.805 e. The van der Waals surface area contributed by atoms with E-state index in [1.807, 2.05) is 0 Å². The third-order valence-corrected chi connectivity index (χ3v) is 1.36. The van der Waals surface area contributed by atoms with Crippen LogP contribution in [0.2, 0.25) is 0 Å². The Hall–Kier alpha value is -1.91. The summed E-state index contributed by atoms with van der Waals surface area (Å²) in [5.41, 5.74) is 0.491. The molecule has 0 amide bonds. The SMILES string of the molecule is [O-]n1cnc(-c2ncccn2)c1. The first-order valence-corrected chi connectivity index (χ1v) is 3.35. The Morgan fingerprint density at radius 3 is 2.50 bits per heavy atom. The molecule has 5 nitrogen and oxygen atoms in total. The van der Waals surface area contributed by atoms with Gasteiger partial charge in [-0.2, -0.15) is 0 Å². The number of hydrogen-bond acceptors (Lipinski definition) is 4. The van der Waals surface area contributed by atoms with Crippen LogP contribution in [-0.2, 0) is 0 Å². The van der Waals surface area contributed by atoms with Gasteiger partial charge in [0.1, 0.15) is 5.69 Å². The zero-order valence-corrected chi connectivity index (χ0v) is 6.08. The molecule has 0 fully saturated rings. The highest BCUT2D eigenvalue weighted by Gasteiger charge is 1.99. The van der Waals surface area contributed by atoms with Crippen molar-refractivity contribution >= 4 is 0 Å². The lowest BCUT2D eigenvalue weighted by molar-refractivity contribution is 1.08. The Balaban J connectivity index is 2.45. The molecule has 0 aliphatic rings. The summed E-state index contributed by atoms with van der Waals surface area (Å²) in [4.78, 5) is 11.7. The van der Waals surface area contributed by atoms with E-state index in [1.165, 1.54) is 12.5 Å². The van der Waals surface area contributed by atoms with Crippen LogP contribution in [0.15, 0.2) is 31.0 Å². The smallest absolute Gasteiger partial charge is 0.179 e. The van der Waals surface area contributed by atoms with Crippen LogP contribution in [0.5, 0.6) is 0 Å². The van der Waals surface area contributed by atoms with Crippen LogP contribution in [0, 0.1) is 5.21 Å². The minimum Gasteiger partial charge on any atom is -0.805 e. The molecule has 0 unspecified atom stereocenters. The highest BCUT2D eigenvalue weighted by atomic mass is 16.5. The molecule has 0 aromatic carbocycles. The van der Waals surface area contributed by atoms with E-state index in [0.717, 1.165) is 0 Å². The molecule has 2 heterocycles. The first-order chi connectivity index (χ1) is 5.86. The van der Waals surface area contributed by atoms with Crippen molar-refractivity contribution in [3.8, 4) is 11.5 Å². The summed E-state index contributed by atoms with van der Waals surface area (Å²) in [7, 11) is 0. The van der Waals surface area contributed by atoms with Crippen LogP contribution in [0.25, 0.3) is 11.5 Å². The Morgan fingerprint density at radius 2 is 1.92 bits per heavy atom. The fraction of sp³-hybridized carbons (Fsp3) is 0. The van der Waals surface area contributed by atoms with Crippen LogP contribution in [0.1, 0.15) is 0 Å². The van der Waals surface area contributed by atoms with E-state index in [4.69, 9.17) is 0 Å². The lowest BCUT2D eigenvalue weighted by Gasteiger charge is -1.99. The average Bonchev–Trinajstić information content (AvgIpc) is 2.54. The summed E-state index contributed by atoms with van der Waals surface area (Å²) in [6, 6.07) is 1.71. The lowest BCUT2D eigenvalue weighted by Crippen LogP contribution is -1.85. The van der Waals surface area contributed by atoms with E-state index < -0.39 is 0 Å². The molecule has 0 spiro atoms. The summed E-state index contributed by atoms with van der Waals surface area (Å²) >= 11 is 0. The zero-order valence-electron chi connectivity index (χ0n) is 6.08. The third-order valence-electron chi connectivity index (χ3n) is 1.36. The van der Waals surface area contributed by atoms with Gasteiger partial charge in [-0.3, -0.25) is 0 Å². The van der Waals surface area contributed by atoms with Gasteiger partial charge in [-0.15, -0.1) is 0 Å². The van der Waals surface area contributed by atoms with Crippen molar-refractivity contribution in [3.63, 3.8) is 0 Å². The predicted octanol–water partition coefficient (Wildman–Crippen LogP) is 0.686. The van der Waals surface area contributed by atoms with Gasteiger partial charge >= 0.3 is 0 Å². The molecule has 2 aromatic rings. The number of rotatable bonds is 1. The topological polar surface area (TPSA) is 66.7 Å². The van der Waals surface area contributed by atoms with Gasteiger partial charge in [-0.25, -0.2) is 15.0 Å². The van der Waals surface area contributed by atoms with Crippen LogP contribution in [0.3, 0.4) is 0 Å². The fourth-order valence-corrected chi connectivity index (χ4v) is 0.853. The Morgan fingerprint density at radius 1 is 1.17 bits per heavy atom. The van der Waals surface area contributed by atoms with Gasteiger partial charge in [0, 0.05) is 18.6 Å². The number of nitrogens with zero attached hydrogens (tertiary/aromatic N) is 4. The molecule has 12 heavy (non-hydrogen) atoms. The van der Waals surface area contributed by atoms with Crippen LogP contribution < -0.4 is 0 Å². The van der Waals surface area contributed by atoms with Gasteiger partial charge < -0.3 is 9.94 Å². The molecule has 0 saturated carbocycles. The van der Waals surface area contributed by atoms with Crippen LogP contribution in [0.4, 0.5) is 0 Å². The predicted molar refractivity (Wildman–Crippen MR) is 42.0 cm³/mol. The fourth-order valence-electron chi connectivity index (χ4n) is 0.853. The summed E-state index contributed by atoms with van der Waals surface area (Å²) < 4.78 is 0.617. The summed E-state index contributed by atoms with van der Waals surface area (Å²) in [5.74, 6) is 0.465. The van der Waals surface area contributed by atoms with Crippen molar-refractivity contribution < 1.29 is 0 Å². The highest BCUT2D eigenvalue weighted by molar-refractivity contribution is 5.46. The molecule has 0 aliphatic carbocycles. The van der Waals surface area contributed by atoms with Gasteiger partial charge in [0.2, 0.25) is 0 Å². The average molecular weight is 161 g/mol. The van der Waals surface area contributed by atoms with E-state index in [-0.39, 0.29) is 0 Å². The number of imidazole rings is 1. The molecule has 0 N–H and O–H groups in total. The summed E-state index contributed by atoms with van der Waals surface area (Å²) in [5, 5.41) is 10.7. The number of aromatic nitrogens is 4. The maximum absolute atomic E-state index is 10.7. The highest BCUT2D eigenvalue weighted by Crippen LogP contribution is 2.08. The molecule has 0 bridgehead atoms. The van der Waals surface area contributed by atoms with Crippen molar-refractivity contribution in [2.75, 3.05) is 0 Å². The Kier molecular flexibility index (Phi) is 1.48. The molecule has 2 aromatic heterocycles. The second-order valence-corrected chi connectivity index (χ2v) is 2.19. The van der Waals surface area contributed by atoms with E-state index in [2.05, 4.69) is 15.0 Å². The maximum Gasteiger partial charge on any atom is 0.179 e. The molecular weight excluding hydrogens is 156 g/mol. The van der Waals surface area contributed by atoms with Crippen molar-refractivity contribution in [2.24, 2.45) is 0 Å². The first kappa shape index (κ1) is 6.78. The molecule has 60 valence electrons. The Bertz CT molecular complexity index is 370. The van der Waals surface area contributed by atoms with Gasteiger partial charge in [-0.1, -0.05) is 0 Å². The molecule has 0 atom stereocenters. The van der Waals surface area contributed by atoms with Crippen LogP contribution in [-0.4, -0.2) is 19.7 Å². The van der Waals surface area contributed by atoms with Gasteiger partial charge in [0.25, 0.3) is 0 Å².